The summed E-state index contributed by atoms with van der Waals surface area (Å²) in [6, 6.07) is 17.9. The van der Waals surface area contributed by atoms with E-state index in [1.165, 1.54) is 53.5 Å². The molecule has 1 saturated heterocycles. The van der Waals surface area contributed by atoms with Gasteiger partial charge in [-0.15, -0.1) is 0 Å². The molecule has 2 aliphatic heterocycles. The van der Waals surface area contributed by atoms with Crippen molar-refractivity contribution >= 4 is 10.9 Å². The van der Waals surface area contributed by atoms with Crippen LogP contribution in [0.4, 0.5) is 0 Å². The molecular weight excluding hydrogens is 316 g/mol. The summed E-state index contributed by atoms with van der Waals surface area (Å²) >= 11 is 0. The van der Waals surface area contributed by atoms with Crippen LogP contribution in [0.2, 0.25) is 0 Å². The summed E-state index contributed by atoms with van der Waals surface area (Å²) in [6.45, 7) is 5.79. The normalized spacial score (nSPS) is 26.2. The van der Waals surface area contributed by atoms with Gasteiger partial charge >= 0.3 is 0 Å². The first kappa shape index (κ1) is 16.1. The van der Waals surface area contributed by atoms with Gasteiger partial charge in [0.05, 0.1) is 5.54 Å². The van der Waals surface area contributed by atoms with Crippen molar-refractivity contribution in [3.63, 3.8) is 0 Å². The maximum atomic E-state index is 3.86. The number of hydrogen-bond donors (Lipinski definition) is 1. The molecule has 1 fully saturated rings. The molecule has 3 aliphatic rings. The van der Waals surface area contributed by atoms with Crippen molar-refractivity contribution < 1.29 is 0 Å². The molecule has 1 N–H and O–H groups in total. The largest absolute Gasteiger partial charge is 0.357 e. The number of piperidine rings is 1. The van der Waals surface area contributed by atoms with Crippen molar-refractivity contribution in [2.75, 3.05) is 13.6 Å². The zero-order chi connectivity index (χ0) is 17.9. The van der Waals surface area contributed by atoms with Gasteiger partial charge in [0.25, 0.3) is 0 Å². The molecule has 2 aromatic carbocycles. The lowest BCUT2D eigenvalue weighted by molar-refractivity contribution is 0.0233. The van der Waals surface area contributed by atoms with Crippen molar-refractivity contribution in [3.05, 3.63) is 70.9 Å². The number of hydrogen-bond acceptors (Lipinski definition) is 1. The van der Waals surface area contributed by atoms with Gasteiger partial charge in [-0.25, -0.2) is 0 Å². The fourth-order valence-corrected chi connectivity index (χ4v) is 5.64. The second-order valence-corrected chi connectivity index (χ2v) is 8.63. The van der Waals surface area contributed by atoms with E-state index in [2.05, 4.69) is 79.3 Å². The Morgan fingerprint density at radius 3 is 2.77 bits per heavy atom. The number of nitrogens with zero attached hydrogens (tertiary/aromatic N) is 1. The minimum atomic E-state index is 0.145. The lowest BCUT2D eigenvalue weighted by Gasteiger charge is -2.54. The summed E-state index contributed by atoms with van der Waals surface area (Å²) in [4.78, 5) is 6.51. The molecule has 0 radical (unpaired) electrons. The molecule has 1 aliphatic carbocycles. The number of aryl methyl sites for hydroxylation is 1. The number of rotatable bonds is 3. The Labute approximate surface area is 156 Å². The highest BCUT2D eigenvalue weighted by atomic mass is 15.2. The SMILES string of the molecule is Cc1ccc2[nH]c3c(c2c1)C1CCC3(CC(C)c2ccccc2)N(C)C1. The minimum Gasteiger partial charge on any atom is -0.357 e. The van der Waals surface area contributed by atoms with Crippen molar-refractivity contribution in [1.82, 2.24) is 9.88 Å². The van der Waals surface area contributed by atoms with Gasteiger partial charge in [0, 0.05) is 23.1 Å². The Hall–Kier alpha value is -2.06. The second kappa shape index (κ2) is 5.72. The number of aromatic nitrogens is 1. The topological polar surface area (TPSA) is 19.0 Å². The Morgan fingerprint density at radius 2 is 2.00 bits per heavy atom. The first-order valence-electron chi connectivity index (χ1n) is 9.97. The molecule has 0 saturated carbocycles. The Morgan fingerprint density at radius 1 is 1.19 bits per heavy atom. The monoisotopic (exact) mass is 344 g/mol. The van der Waals surface area contributed by atoms with Crippen LogP contribution in [0.5, 0.6) is 0 Å². The van der Waals surface area contributed by atoms with E-state index in [0.29, 0.717) is 11.8 Å². The maximum Gasteiger partial charge on any atom is 0.0618 e. The highest BCUT2D eigenvalue weighted by molar-refractivity contribution is 5.87. The van der Waals surface area contributed by atoms with Crippen LogP contribution < -0.4 is 0 Å². The molecule has 0 spiro atoms. The number of fused-ring (bicyclic) bond motifs is 3. The third-order valence-electron chi connectivity index (χ3n) is 7.01. The van der Waals surface area contributed by atoms with Crippen LogP contribution in [0.1, 0.15) is 60.4 Å². The van der Waals surface area contributed by atoms with E-state index >= 15 is 0 Å². The van der Waals surface area contributed by atoms with E-state index in [0.717, 1.165) is 0 Å². The molecule has 2 heteroatoms. The van der Waals surface area contributed by atoms with Crippen LogP contribution in [0, 0.1) is 6.92 Å². The highest BCUT2D eigenvalue weighted by Gasteiger charge is 2.50. The van der Waals surface area contributed by atoms with Crippen molar-refractivity contribution in [1.29, 1.82) is 0 Å². The molecule has 3 atom stereocenters. The number of likely N-dealkylation sites (N-methyl/N-ethyl adjacent to an activating group) is 1. The van der Waals surface area contributed by atoms with Crippen LogP contribution >= 0.6 is 0 Å². The smallest absolute Gasteiger partial charge is 0.0618 e. The zero-order valence-corrected chi connectivity index (χ0v) is 16.0. The van der Waals surface area contributed by atoms with Crippen LogP contribution in [0.3, 0.4) is 0 Å². The third-order valence-corrected chi connectivity index (χ3v) is 7.01. The van der Waals surface area contributed by atoms with E-state index in [9.17, 15) is 0 Å². The molecule has 26 heavy (non-hydrogen) atoms. The average molecular weight is 345 g/mol. The van der Waals surface area contributed by atoms with Crippen LogP contribution in [0.15, 0.2) is 48.5 Å². The predicted molar refractivity (Wildman–Crippen MR) is 109 cm³/mol. The lowest BCUT2D eigenvalue weighted by Crippen LogP contribution is -2.54. The van der Waals surface area contributed by atoms with E-state index in [4.69, 9.17) is 0 Å². The fourth-order valence-electron chi connectivity index (χ4n) is 5.64. The maximum absolute atomic E-state index is 3.86. The fraction of sp³-hybridized carbons (Fsp3) is 0.417. The van der Waals surface area contributed by atoms with E-state index in [1.807, 2.05) is 0 Å². The molecule has 134 valence electrons. The molecular formula is C24H28N2. The van der Waals surface area contributed by atoms with Crippen LogP contribution in [-0.4, -0.2) is 23.5 Å². The Bertz CT molecular complexity index is 955. The number of benzene rings is 2. The van der Waals surface area contributed by atoms with Gasteiger partial charge in [-0.3, -0.25) is 4.90 Å². The van der Waals surface area contributed by atoms with Crippen molar-refractivity contribution in [2.45, 2.75) is 50.5 Å². The second-order valence-electron chi connectivity index (χ2n) is 8.63. The Kier molecular flexibility index (Phi) is 3.55. The minimum absolute atomic E-state index is 0.145. The molecule has 3 unspecified atom stereocenters. The van der Waals surface area contributed by atoms with Gasteiger partial charge in [0.15, 0.2) is 0 Å². The molecule has 1 aromatic heterocycles. The molecule has 2 bridgehead atoms. The molecule has 2 nitrogen and oxygen atoms in total. The van der Waals surface area contributed by atoms with E-state index in [-0.39, 0.29) is 5.54 Å². The van der Waals surface area contributed by atoms with Crippen LogP contribution in [0.25, 0.3) is 10.9 Å². The van der Waals surface area contributed by atoms with Gasteiger partial charge in [-0.1, -0.05) is 48.9 Å². The van der Waals surface area contributed by atoms with Crippen molar-refractivity contribution in [2.24, 2.45) is 0 Å². The predicted octanol–water partition coefficient (Wildman–Crippen LogP) is 5.69. The Balaban J connectivity index is 1.64. The molecule has 3 heterocycles. The van der Waals surface area contributed by atoms with E-state index < -0.39 is 0 Å². The lowest BCUT2D eigenvalue weighted by atomic mass is 9.66. The van der Waals surface area contributed by atoms with Crippen LogP contribution in [-0.2, 0) is 5.54 Å². The summed E-state index contributed by atoms with van der Waals surface area (Å²) in [5, 5.41) is 1.47. The summed E-state index contributed by atoms with van der Waals surface area (Å²) < 4.78 is 0. The zero-order valence-electron chi connectivity index (χ0n) is 16.0. The van der Waals surface area contributed by atoms with Gasteiger partial charge in [0.1, 0.15) is 0 Å². The number of nitrogens with one attached hydrogen (secondary N) is 1. The number of H-pyrrole nitrogens is 1. The van der Waals surface area contributed by atoms with Gasteiger partial charge in [0.2, 0.25) is 0 Å². The molecule has 6 rings (SSSR count). The molecule has 3 aromatic rings. The summed E-state index contributed by atoms with van der Waals surface area (Å²) in [5.41, 5.74) is 7.41. The summed E-state index contributed by atoms with van der Waals surface area (Å²) in [6.07, 6.45) is 3.77. The quantitative estimate of drug-likeness (QED) is 0.647. The standard InChI is InChI=1S/C24H28N2/c1-16-9-10-21-20(13-16)22-19-11-12-24(23(22)25-21,26(3)15-19)14-17(2)18-7-5-4-6-8-18/h4-10,13,17,19,25H,11-12,14-15H2,1-3H3. The average Bonchev–Trinajstić information content (AvgIpc) is 3.04. The molecule has 0 amide bonds. The first-order valence-corrected chi connectivity index (χ1v) is 9.97. The van der Waals surface area contributed by atoms with Gasteiger partial charge < -0.3 is 4.98 Å². The summed E-state index contributed by atoms with van der Waals surface area (Å²) in [7, 11) is 2.34. The van der Waals surface area contributed by atoms with Gasteiger partial charge in [-0.2, -0.15) is 0 Å². The summed E-state index contributed by atoms with van der Waals surface area (Å²) in [5.74, 6) is 1.23. The van der Waals surface area contributed by atoms with Gasteiger partial charge in [-0.05, 0) is 68.3 Å². The first-order chi connectivity index (χ1) is 12.6. The number of aromatic amines is 1. The van der Waals surface area contributed by atoms with Crippen molar-refractivity contribution in [3.8, 4) is 0 Å². The third kappa shape index (κ3) is 2.21. The van der Waals surface area contributed by atoms with E-state index in [1.54, 1.807) is 5.56 Å². The highest BCUT2D eigenvalue weighted by Crippen LogP contribution is 2.55.